The molecule has 1 saturated carbocycles. The lowest BCUT2D eigenvalue weighted by Crippen LogP contribution is -2.70. The fourth-order valence-electron chi connectivity index (χ4n) is 10.4. The number of fused-ring (bicyclic) bond motifs is 3. The average molecular weight is 903 g/mol. The quantitative estimate of drug-likeness (QED) is 0.0477. The molecule has 1 unspecified atom stereocenters. The number of halogens is 1. The van der Waals surface area contributed by atoms with Gasteiger partial charge in [-0.05, 0) is 121 Å². The second-order valence-electron chi connectivity index (χ2n) is 17.7. The minimum absolute atomic E-state index is 0.00181. The molecule has 66 heavy (non-hydrogen) atoms. The van der Waals surface area contributed by atoms with E-state index in [0.717, 1.165) is 60.4 Å². The second kappa shape index (κ2) is 22.3. The molecule has 1 saturated heterocycles. The first kappa shape index (κ1) is 47.0. The summed E-state index contributed by atoms with van der Waals surface area (Å²) in [5.41, 5.74) is 3.15. The first-order valence-corrected chi connectivity index (χ1v) is 23.7. The number of unbranched alkanes of at least 4 members (excludes halogenated alkanes) is 2. The molecule has 4 aliphatic rings. The molecule has 0 aromatic heterocycles. The zero-order chi connectivity index (χ0) is 45.9. The average Bonchev–Trinajstić information content (AvgIpc) is 3.34. The van der Waals surface area contributed by atoms with Crippen LogP contribution in [-0.4, -0.2) is 78.1 Å². The summed E-state index contributed by atoms with van der Waals surface area (Å²) in [6.07, 6.45) is 12.2. The molecule has 2 heterocycles. The summed E-state index contributed by atoms with van der Waals surface area (Å²) in [5, 5.41) is 27.2. The van der Waals surface area contributed by atoms with E-state index in [1.807, 2.05) is 42.5 Å². The Morgan fingerprint density at radius 1 is 0.909 bits per heavy atom. The Morgan fingerprint density at radius 2 is 1.68 bits per heavy atom. The van der Waals surface area contributed by atoms with Crippen LogP contribution in [0.5, 0.6) is 17.2 Å². The molecule has 4 aromatic rings. The fraction of sp³-hybridized carbons (Fsp3) is 0.444. The van der Waals surface area contributed by atoms with Crippen LogP contribution in [0.2, 0.25) is 0 Å². The van der Waals surface area contributed by atoms with Crippen LogP contribution in [0, 0.1) is 23.6 Å². The van der Waals surface area contributed by atoms with Gasteiger partial charge in [-0.25, -0.2) is 9.18 Å². The minimum Gasteiger partial charge on any atom is -0.459 e. The van der Waals surface area contributed by atoms with E-state index in [2.05, 4.69) is 37.4 Å². The third kappa shape index (κ3) is 10.5. The number of aliphatic hydroxyl groups is 2. The Hall–Kier alpha value is -5.53. The van der Waals surface area contributed by atoms with Crippen molar-refractivity contribution in [2.24, 2.45) is 22.9 Å². The van der Waals surface area contributed by atoms with Gasteiger partial charge in [0, 0.05) is 44.1 Å². The summed E-state index contributed by atoms with van der Waals surface area (Å²) >= 11 is 0. The molecule has 1 amide bonds. The SMILES string of the molecule is C=CCCOC(=O)N(Cc1ccc(F)cc1)[C@H]1CC(=NOC2CCCCO2)C2=C[C@H](CCCCO)[C@@H](CCCCO)[C@@H]3c4cc(Oc5ccc6ccccc6c5)ccc4O[C@@]1(OCC=C)[C@H]23. The van der Waals surface area contributed by atoms with E-state index in [1.165, 1.54) is 12.1 Å². The van der Waals surface area contributed by atoms with Gasteiger partial charge >= 0.3 is 6.09 Å². The van der Waals surface area contributed by atoms with E-state index in [-0.39, 0.29) is 57.1 Å². The molecule has 8 rings (SSSR count). The van der Waals surface area contributed by atoms with Crippen LogP contribution in [0.1, 0.15) is 87.7 Å². The Labute approximate surface area is 387 Å². The number of nitrogens with zero attached hydrogens (tertiary/aromatic N) is 2. The lowest BCUT2D eigenvalue weighted by molar-refractivity contribution is -0.256. The normalized spacial score (nSPS) is 24.9. The maximum atomic E-state index is 14.7. The summed E-state index contributed by atoms with van der Waals surface area (Å²) in [7, 11) is 0. The number of oxime groups is 1. The highest BCUT2D eigenvalue weighted by Crippen LogP contribution is 2.62. The van der Waals surface area contributed by atoms with Gasteiger partial charge in [0.25, 0.3) is 0 Å². The minimum atomic E-state index is -1.53. The van der Waals surface area contributed by atoms with E-state index in [0.29, 0.717) is 60.8 Å². The highest BCUT2D eigenvalue weighted by Gasteiger charge is 2.65. The van der Waals surface area contributed by atoms with Gasteiger partial charge in [0.1, 0.15) is 29.1 Å². The van der Waals surface area contributed by atoms with E-state index in [9.17, 15) is 19.4 Å². The summed E-state index contributed by atoms with van der Waals surface area (Å²) in [4.78, 5) is 22.6. The molecular weight excluding hydrogens is 840 g/mol. The van der Waals surface area contributed by atoms with Gasteiger partial charge in [-0.15, -0.1) is 13.2 Å². The number of rotatable bonds is 21. The molecule has 2 aliphatic carbocycles. The molecular formula is C54H63FN2O9. The molecule has 2 N–H and O–H groups in total. The van der Waals surface area contributed by atoms with Crippen molar-refractivity contribution in [3.63, 3.8) is 0 Å². The number of ether oxygens (including phenoxy) is 5. The predicted octanol–water partition coefficient (Wildman–Crippen LogP) is 11.1. The third-order valence-corrected chi connectivity index (χ3v) is 13.4. The number of amides is 1. The van der Waals surface area contributed by atoms with Crippen molar-refractivity contribution in [1.29, 1.82) is 0 Å². The Balaban J connectivity index is 1.33. The van der Waals surface area contributed by atoms with E-state index < -0.39 is 35.9 Å². The first-order valence-electron chi connectivity index (χ1n) is 23.7. The van der Waals surface area contributed by atoms with Crippen molar-refractivity contribution in [3.8, 4) is 17.2 Å². The van der Waals surface area contributed by atoms with Crippen LogP contribution in [0.4, 0.5) is 9.18 Å². The number of hydrogen-bond acceptors (Lipinski definition) is 10. The van der Waals surface area contributed by atoms with Gasteiger partial charge in [0.2, 0.25) is 12.1 Å². The monoisotopic (exact) mass is 902 g/mol. The van der Waals surface area contributed by atoms with Gasteiger partial charge < -0.3 is 38.7 Å². The maximum absolute atomic E-state index is 14.7. The predicted molar refractivity (Wildman–Crippen MR) is 252 cm³/mol. The maximum Gasteiger partial charge on any atom is 0.410 e. The van der Waals surface area contributed by atoms with Crippen LogP contribution in [0.15, 0.2) is 127 Å². The molecule has 2 aliphatic heterocycles. The lowest BCUT2D eigenvalue weighted by atomic mass is 9.55. The van der Waals surface area contributed by atoms with Gasteiger partial charge in [0.15, 0.2) is 0 Å². The number of allylic oxidation sites excluding steroid dienone is 1. The van der Waals surface area contributed by atoms with Gasteiger partial charge in [-0.1, -0.05) is 78.7 Å². The molecule has 0 spiro atoms. The zero-order valence-electron chi connectivity index (χ0n) is 37.7. The zero-order valence-corrected chi connectivity index (χ0v) is 37.7. The molecule has 12 heteroatoms. The van der Waals surface area contributed by atoms with Gasteiger partial charge in [-0.2, -0.15) is 0 Å². The highest BCUT2D eigenvalue weighted by molar-refractivity contribution is 6.03. The van der Waals surface area contributed by atoms with Crippen LogP contribution in [0.25, 0.3) is 10.8 Å². The molecule has 4 aromatic carbocycles. The van der Waals surface area contributed by atoms with Crippen LogP contribution in [-0.2, 0) is 25.6 Å². The van der Waals surface area contributed by atoms with E-state index >= 15 is 0 Å². The third-order valence-electron chi connectivity index (χ3n) is 13.4. The van der Waals surface area contributed by atoms with Crippen molar-refractivity contribution in [2.75, 3.05) is 33.0 Å². The highest BCUT2D eigenvalue weighted by atomic mass is 19.1. The van der Waals surface area contributed by atoms with Crippen LogP contribution < -0.4 is 9.47 Å². The fourth-order valence-corrected chi connectivity index (χ4v) is 10.4. The van der Waals surface area contributed by atoms with E-state index in [1.54, 1.807) is 29.2 Å². The largest absolute Gasteiger partial charge is 0.459 e. The van der Waals surface area contributed by atoms with Crippen LogP contribution in [0.3, 0.4) is 0 Å². The molecule has 350 valence electrons. The summed E-state index contributed by atoms with van der Waals surface area (Å²) in [6, 6.07) is 25.3. The number of aliphatic hydroxyl groups excluding tert-OH is 2. The Morgan fingerprint density at radius 3 is 2.44 bits per heavy atom. The molecule has 0 bridgehead atoms. The Bertz CT molecular complexity index is 2350. The topological polar surface area (TPSA) is 129 Å². The van der Waals surface area contributed by atoms with Crippen molar-refractivity contribution < 1.29 is 47.9 Å². The summed E-state index contributed by atoms with van der Waals surface area (Å²) in [6.45, 7) is 8.84. The van der Waals surface area contributed by atoms with Crippen LogP contribution >= 0.6 is 0 Å². The first-order chi connectivity index (χ1) is 32.3. The second-order valence-corrected chi connectivity index (χ2v) is 17.7. The van der Waals surface area contributed by atoms with Crippen molar-refractivity contribution in [2.45, 2.75) is 101 Å². The summed E-state index contributed by atoms with van der Waals surface area (Å²) in [5.74, 6) is -0.797. The van der Waals surface area contributed by atoms with Crippen molar-refractivity contribution in [3.05, 3.63) is 139 Å². The molecule has 11 nitrogen and oxygen atoms in total. The molecule has 7 atom stereocenters. The number of carbonyl (C=O) groups is 1. The number of hydrogen-bond donors (Lipinski definition) is 2. The van der Waals surface area contributed by atoms with E-state index in [4.69, 9.17) is 33.7 Å². The molecule has 2 fully saturated rings. The van der Waals surface area contributed by atoms with Gasteiger partial charge in [0.05, 0.1) is 31.5 Å². The lowest BCUT2D eigenvalue weighted by Gasteiger charge is -2.60. The van der Waals surface area contributed by atoms with Gasteiger partial charge in [-0.3, -0.25) is 4.90 Å². The smallest absolute Gasteiger partial charge is 0.410 e. The Kier molecular flexibility index (Phi) is 15.9. The number of carbonyl (C=O) groups excluding carboxylic acids is 1. The van der Waals surface area contributed by atoms with Crippen molar-refractivity contribution in [1.82, 2.24) is 4.90 Å². The standard InChI is InChI=1S/C54H63FN2O9/c1-3-5-30-62-53(60)57(36-37-19-22-41(55)23-20-37)49-35-47(56-66-50-18-10-13-31-61-50)45-33-40(16-8-11-27-58)44(17-9-12-28-59)51-46-34-43(64-42-24-21-38-14-6-7-15-39(38)32-42)25-26-48(46)65-54(49,52(45)51)63-29-4-2/h3-4,6-7,14-15,19-26,32-34,40,44,49-52,58-59H,1-2,5,8-13,16-18,27-31,35-36H2/t40-,44+,49-,50?,51+,52+,54+/m0/s1. The summed E-state index contributed by atoms with van der Waals surface area (Å²) < 4.78 is 47.6. The van der Waals surface area contributed by atoms with Crippen molar-refractivity contribution >= 4 is 22.6 Å². The molecule has 0 radical (unpaired) electrons. The number of benzene rings is 4.